The molecule has 3 aromatic rings. The van der Waals surface area contributed by atoms with E-state index in [4.69, 9.17) is 4.42 Å². The van der Waals surface area contributed by atoms with Gasteiger partial charge < -0.3 is 15.1 Å². The van der Waals surface area contributed by atoms with Gasteiger partial charge >= 0.3 is 6.03 Å². The molecule has 0 fully saturated rings. The summed E-state index contributed by atoms with van der Waals surface area (Å²) in [5.41, 5.74) is 4.20. The molecule has 0 saturated heterocycles. The molecule has 31 heavy (non-hydrogen) atoms. The van der Waals surface area contributed by atoms with Crippen molar-refractivity contribution in [2.75, 3.05) is 11.9 Å². The highest BCUT2D eigenvalue weighted by molar-refractivity contribution is 5.91. The van der Waals surface area contributed by atoms with Gasteiger partial charge in [-0.15, -0.1) is 0 Å². The smallest absolute Gasteiger partial charge is 0.319 e. The third kappa shape index (κ3) is 6.07. The van der Waals surface area contributed by atoms with Crippen LogP contribution in [0.15, 0.2) is 76.3 Å². The second kappa shape index (κ2) is 10.6. The van der Waals surface area contributed by atoms with Crippen LogP contribution in [0.3, 0.4) is 0 Å². The third-order valence-corrected chi connectivity index (χ3v) is 5.18. The zero-order valence-electron chi connectivity index (χ0n) is 18.6. The number of rotatable bonds is 8. The maximum Gasteiger partial charge on any atom is 0.319 e. The summed E-state index contributed by atoms with van der Waals surface area (Å²) in [6.07, 6.45) is 3.31. The highest BCUT2D eigenvalue weighted by Gasteiger charge is 2.17. The van der Waals surface area contributed by atoms with Gasteiger partial charge in [-0.05, 0) is 40.7 Å². The van der Waals surface area contributed by atoms with Gasteiger partial charge in [0.1, 0.15) is 5.76 Å². The predicted molar refractivity (Wildman–Crippen MR) is 127 cm³/mol. The fraction of sp³-hybridized carbons (Fsp3) is 0.308. The van der Waals surface area contributed by atoms with Crippen molar-refractivity contribution >= 4 is 17.9 Å². The molecule has 2 N–H and O–H groups in total. The number of hydrogen-bond acceptors (Lipinski definition) is 3. The van der Waals surface area contributed by atoms with Crippen LogP contribution in [-0.4, -0.2) is 18.8 Å². The van der Waals surface area contributed by atoms with Gasteiger partial charge in [-0.25, -0.2) is 4.79 Å². The van der Waals surface area contributed by atoms with Crippen molar-refractivity contribution in [2.45, 2.75) is 45.6 Å². The lowest BCUT2D eigenvalue weighted by molar-refractivity contribution is 0.251. The number of carbonyl (C=O) groups excluding carboxylic acids is 1. The normalized spacial score (nSPS) is 12.5. The first-order chi connectivity index (χ1) is 15.0. The Hall–Kier alpha value is -3.34. The quantitative estimate of drug-likeness (QED) is 0.410. The third-order valence-electron chi connectivity index (χ3n) is 5.18. The number of nitrogens with zero attached hydrogens (tertiary/aromatic N) is 1. The molecule has 1 atom stereocenters. The van der Waals surface area contributed by atoms with Crippen LogP contribution < -0.4 is 10.6 Å². The van der Waals surface area contributed by atoms with E-state index in [1.54, 1.807) is 12.5 Å². The Morgan fingerprint density at radius 2 is 1.61 bits per heavy atom. The number of hydrogen-bond donors (Lipinski definition) is 2. The first-order valence-electron chi connectivity index (χ1n) is 10.7. The average molecular weight is 418 g/mol. The fourth-order valence-corrected chi connectivity index (χ4v) is 3.50. The van der Waals surface area contributed by atoms with Gasteiger partial charge in [0.15, 0.2) is 0 Å². The van der Waals surface area contributed by atoms with Crippen LogP contribution in [0, 0.1) is 0 Å². The minimum atomic E-state index is -0.232. The number of amides is 2. The van der Waals surface area contributed by atoms with E-state index in [0.29, 0.717) is 24.1 Å². The van der Waals surface area contributed by atoms with Gasteiger partial charge in [-0.1, -0.05) is 76.2 Å². The van der Waals surface area contributed by atoms with Crippen molar-refractivity contribution in [3.8, 4) is 0 Å². The topological polar surface area (TPSA) is 66.6 Å². The summed E-state index contributed by atoms with van der Waals surface area (Å²) in [6, 6.07) is 19.4. The number of para-hydroxylation sites is 1. The van der Waals surface area contributed by atoms with E-state index in [9.17, 15) is 4.79 Å². The van der Waals surface area contributed by atoms with Crippen molar-refractivity contribution in [2.24, 2.45) is 4.99 Å². The van der Waals surface area contributed by atoms with Gasteiger partial charge in [0, 0.05) is 12.2 Å². The molecule has 0 bridgehead atoms. The van der Waals surface area contributed by atoms with Crippen LogP contribution in [0.5, 0.6) is 0 Å². The van der Waals surface area contributed by atoms with Crippen LogP contribution in [0.25, 0.3) is 0 Å². The highest BCUT2D eigenvalue weighted by atomic mass is 16.3. The fourth-order valence-electron chi connectivity index (χ4n) is 3.50. The van der Waals surface area contributed by atoms with Crippen molar-refractivity contribution in [1.82, 2.24) is 5.32 Å². The molecule has 1 heterocycles. The molecule has 0 spiro atoms. The highest BCUT2D eigenvalue weighted by Crippen LogP contribution is 2.32. The summed E-state index contributed by atoms with van der Waals surface area (Å²) < 4.78 is 5.35. The molecule has 5 heteroatoms. The number of nitrogens with one attached hydrogen (secondary N) is 2. The monoisotopic (exact) mass is 417 g/mol. The minimum Gasteiger partial charge on any atom is -0.463 e. The lowest BCUT2D eigenvalue weighted by Crippen LogP contribution is -2.33. The Bertz CT molecular complexity index is 967. The molecule has 0 radical (unpaired) electrons. The summed E-state index contributed by atoms with van der Waals surface area (Å²) in [6.45, 7) is 8.91. The molecule has 3 rings (SSSR count). The standard InChI is InChI=1S/C26H31N3O2/c1-18(2)22-13-8-14-23(19(3)4)25(22)29-26(30)28-17-24(20-10-6-5-7-11-20)27-16-21-12-9-15-31-21/h5-16,18-19,24H,17H2,1-4H3,(H2,28,29,30)/t24-/m1/s1. The molecule has 0 aliphatic heterocycles. The zero-order valence-corrected chi connectivity index (χ0v) is 18.6. The van der Waals surface area contributed by atoms with Crippen LogP contribution >= 0.6 is 0 Å². The van der Waals surface area contributed by atoms with E-state index < -0.39 is 0 Å². The number of benzene rings is 2. The molecule has 2 amide bonds. The summed E-state index contributed by atoms with van der Waals surface area (Å²) >= 11 is 0. The lowest BCUT2D eigenvalue weighted by Gasteiger charge is -2.21. The number of carbonyl (C=O) groups is 1. The first kappa shape index (κ1) is 22.3. The van der Waals surface area contributed by atoms with Gasteiger partial charge in [0.2, 0.25) is 0 Å². The maximum absolute atomic E-state index is 12.8. The van der Waals surface area contributed by atoms with Crippen LogP contribution in [0.1, 0.15) is 68.0 Å². The Morgan fingerprint density at radius 1 is 0.935 bits per heavy atom. The van der Waals surface area contributed by atoms with Crippen LogP contribution in [0.4, 0.5) is 10.5 Å². The van der Waals surface area contributed by atoms with Gasteiger partial charge in [0.25, 0.3) is 0 Å². The van der Waals surface area contributed by atoms with E-state index >= 15 is 0 Å². The van der Waals surface area contributed by atoms with Crippen LogP contribution in [0.2, 0.25) is 0 Å². The first-order valence-corrected chi connectivity index (χ1v) is 10.7. The largest absolute Gasteiger partial charge is 0.463 e. The predicted octanol–water partition coefficient (Wildman–Crippen LogP) is 6.51. The van der Waals surface area contributed by atoms with Gasteiger partial charge in [-0.3, -0.25) is 4.99 Å². The number of urea groups is 1. The van der Waals surface area contributed by atoms with E-state index in [2.05, 4.69) is 61.5 Å². The molecule has 162 valence electrons. The van der Waals surface area contributed by atoms with E-state index in [0.717, 1.165) is 22.4 Å². The molecule has 0 aliphatic carbocycles. The zero-order chi connectivity index (χ0) is 22.2. The molecule has 0 saturated carbocycles. The second-order valence-corrected chi connectivity index (χ2v) is 8.18. The van der Waals surface area contributed by atoms with Gasteiger partial charge in [-0.2, -0.15) is 0 Å². The number of furan rings is 1. The van der Waals surface area contributed by atoms with Crippen LogP contribution in [-0.2, 0) is 0 Å². The van der Waals surface area contributed by atoms with E-state index in [1.165, 1.54) is 0 Å². The van der Waals surface area contributed by atoms with E-state index in [-0.39, 0.29) is 12.1 Å². The molecule has 0 unspecified atom stereocenters. The number of anilines is 1. The Balaban J connectivity index is 1.75. The lowest BCUT2D eigenvalue weighted by atomic mass is 9.93. The molecular weight excluding hydrogens is 386 g/mol. The summed E-state index contributed by atoms with van der Waals surface area (Å²) in [5, 5.41) is 6.10. The number of aliphatic imine (C=N–C) groups is 1. The molecule has 2 aromatic carbocycles. The minimum absolute atomic E-state index is 0.220. The Kier molecular flexibility index (Phi) is 7.65. The van der Waals surface area contributed by atoms with Crippen molar-refractivity contribution < 1.29 is 9.21 Å². The average Bonchev–Trinajstić information content (AvgIpc) is 3.28. The Morgan fingerprint density at radius 3 is 2.19 bits per heavy atom. The SMILES string of the molecule is CC(C)c1cccc(C(C)C)c1NC(=O)NC[C@@H](N=Cc1ccco1)c1ccccc1. The van der Waals surface area contributed by atoms with Gasteiger partial charge in [0.05, 0.1) is 18.5 Å². The molecule has 5 nitrogen and oxygen atoms in total. The molecule has 0 aliphatic rings. The summed E-state index contributed by atoms with van der Waals surface area (Å²) in [4.78, 5) is 17.5. The molecular formula is C26H31N3O2. The summed E-state index contributed by atoms with van der Waals surface area (Å²) in [5.74, 6) is 1.30. The maximum atomic E-state index is 12.8. The van der Waals surface area contributed by atoms with Crippen molar-refractivity contribution in [1.29, 1.82) is 0 Å². The van der Waals surface area contributed by atoms with Crippen molar-refractivity contribution in [3.05, 3.63) is 89.4 Å². The summed E-state index contributed by atoms with van der Waals surface area (Å²) in [7, 11) is 0. The Labute approximate surface area is 184 Å². The second-order valence-electron chi connectivity index (χ2n) is 8.18. The molecule has 1 aromatic heterocycles. The van der Waals surface area contributed by atoms with E-state index in [1.807, 2.05) is 42.5 Å². The van der Waals surface area contributed by atoms with Crippen molar-refractivity contribution in [3.63, 3.8) is 0 Å².